The summed E-state index contributed by atoms with van der Waals surface area (Å²) >= 11 is 0. The van der Waals surface area contributed by atoms with Crippen LogP contribution in [0.15, 0.2) is 59.3 Å². The lowest BCUT2D eigenvalue weighted by molar-refractivity contribution is -0.127. The molecule has 0 atom stereocenters. The number of hydrogen-bond acceptors (Lipinski definition) is 10. The first-order valence-corrected chi connectivity index (χ1v) is 11.2. The largest absolute Gasteiger partial charge is 0.460 e. The molecule has 12 heteroatoms. The van der Waals surface area contributed by atoms with Crippen LogP contribution in [-0.4, -0.2) is 71.1 Å². The maximum Gasteiger partial charge on any atom is 0.338 e. The van der Waals surface area contributed by atoms with Crippen molar-refractivity contribution in [3.8, 4) is 0 Å². The molecule has 2 N–H and O–H groups in total. The van der Waals surface area contributed by atoms with Crippen molar-refractivity contribution < 1.29 is 28.7 Å². The number of nitrogens with one attached hydrogen (secondary N) is 2. The molecule has 0 spiro atoms. The van der Waals surface area contributed by atoms with Crippen LogP contribution in [0.3, 0.4) is 0 Å². The summed E-state index contributed by atoms with van der Waals surface area (Å²) in [5.41, 5.74) is -1.82. The standard InChI is InChI=1S/C24H30N6O6/c1-23(2,21(33)27-13-15-35-19(31)17-5-9-25-10-6-17)29-30-24(3,4)22(34)28-14-16-36-20(32)18-7-11-26-12-8-18/h5-12H,13-16H2,1-4H3,(H,27,33)(H,28,34). The van der Waals surface area contributed by atoms with Crippen LogP contribution in [-0.2, 0) is 19.1 Å². The Bertz CT molecular complexity index is 988. The van der Waals surface area contributed by atoms with E-state index in [0.29, 0.717) is 11.1 Å². The van der Waals surface area contributed by atoms with Gasteiger partial charge in [-0.25, -0.2) is 9.59 Å². The molecule has 12 nitrogen and oxygen atoms in total. The van der Waals surface area contributed by atoms with Gasteiger partial charge in [0.25, 0.3) is 0 Å². The van der Waals surface area contributed by atoms with Gasteiger partial charge in [-0.15, -0.1) is 0 Å². The Balaban J connectivity index is 1.74. The van der Waals surface area contributed by atoms with Crippen LogP contribution in [0.5, 0.6) is 0 Å². The molecule has 2 amide bonds. The Labute approximate surface area is 208 Å². The van der Waals surface area contributed by atoms with Gasteiger partial charge in [0.1, 0.15) is 13.2 Å². The van der Waals surface area contributed by atoms with Gasteiger partial charge in [-0.05, 0) is 52.0 Å². The van der Waals surface area contributed by atoms with Gasteiger partial charge >= 0.3 is 11.9 Å². The maximum atomic E-state index is 12.5. The lowest BCUT2D eigenvalue weighted by Crippen LogP contribution is -2.44. The van der Waals surface area contributed by atoms with E-state index in [2.05, 4.69) is 30.8 Å². The van der Waals surface area contributed by atoms with Gasteiger partial charge in [-0.2, -0.15) is 10.2 Å². The molecular formula is C24H30N6O6. The van der Waals surface area contributed by atoms with E-state index in [1.807, 2.05) is 0 Å². The predicted molar refractivity (Wildman–Crippen MR) is 128 cm³/mol. The Hall–Kier alpha value is -4.22. The fourth-order valence-corrected chi connectivity index (χ4v) is 2.53. The molecule has 0 aliphatic rings. The van der Waals surface area contributed by atoms with Gasteiger partial charge < -0.3 is 20.1 Å². The van der Waals surface area contributed by atoms with E-state index in [4.69, 9.17) is 9.47 Å². The molecule has 2 rings (SSSR count). The smallest absolute Gasteiger partial charge is 0.338 e. The highest BCUT2D eigenvalue weighted by Crippen LogP contribution is 2.16. The van der Waals surface area contributed by atoms with E-state index in [1.165, 1.54) is 49.1 Å². The molecule has 2 heterocycles. The summed E-state index contributed by atoms with van der Waals surface area (Å²) in [5.74, 6) is -1.95. The average Bonchev–Trinajstić information content (AvgIpc) is 2.88. The van der Waals surface area contributed by atoms with Gasteiger partial charge in [0.15, 0.2) is 11.1 Å². The van der Waals surface area contributed by atoms with Crippen LogP contribution in [0, 0.1) is 0 Å². The molecule has 0 aliphatic carbocycles. The van der Waals surface area contributed by atoms with E-state index < -0.39 is 34.8 Å². The predicted octanol–water partition coefficient (Wildman–Crippen LogP) is 1.73. The van der Waals surface area contributed by atoms with Crippen LogP contribution < -0.4 is 10.6 Å². The van der Waals surface area contributed by atoms with Crippen molar-refractivity contribution >= 4 is 23.8 Å². The van der Waals surface area contributed by atoms with E-state index in [1.54, 1.807) is 27.7 Å². The number of aromatic nitrogens is 2. The first-order chi connectivity index (χ1) is 17.0. The van der Waals surface area contributed by atoms with Crippen molar-refractivity contribution in [2.75, 3.05) is 26.3 Å². The summed E-state index contributed by atoms with van der Waals surface area (Å²) in [6.45, 7) is 6.28. The number of pyridine rings is 2. The first-order valence-electron chi connectivity index (χ1n) is 11.2. The van der Waals surface area contributed by atoms with E-state index in [0.717, 1.165) is 0 Å². The Morgan fingerprint density at radius 3 is 1.36 bits per heavy atom. The monoisotopic (exact) mass is 498 g/mol. The molecule has 0 radical (unpaired) electrons. The molecule has 0 aliphatic heterocycles. The van der Waals surface area contributed by atoms with Crippen LogP contribution >= 0.6 is 0 Å². The Kier molecular flexibility index (Phi) is 10.1. The van der Waals surface area contributed by atoms with Crippen LogP contribution in [0.1, 0.15) is 48.4 Å². The maximum absolute atomic E-state index is 12.5. The Morgan fingerprint density at radius 1 is 0.694 bits per heavy atom. The molecule has 0 aromatic carbocycles. The van der Waals surface area contributed by atoms with E-state index in [-0.39, 0.29) is 26.3 Å². The van der Waals surface area contributed by atoms with Gasteiger partial charge in [-0.1, -0.05) is 0 Å². The third-order valence-electron chi connectivity index (χ3n) is 4.73. The Morgan fingerprint density at radius 2 is 1.03 bits per heavy atom. The number of ether oxygens (including phenoxy) is 2. The number of hydrogen-bond donors (Lipinski definition) is 2. The molecule has 0 fully saturated rings. The van der Waals surface area contributed by atoms with Gasteiger partial charge in [0.2, 0.25) is 11.8 Å². The third-order valence-corrected chi connectivity index (χ3v) is 4.73. The fourth-order valence-electron chi connectivity index (χ4n) is 2.53. The molecule has 0 unspecified atom stereocenters. The van der Waals surface area contributed by atoms with Crippen molar-refractivity contribution in [3.63, 3.8) is 0 Å². The highest BCUT2D eigenvalue weighted by Gasteiger charge is 2.32. The minimum atomic E-state index is -1.27. The molecule has 192 valence electrons. The normalized spacial score (nSPS) is 11.6. The first kappa shape index (κ1) is 28.0. The number of amides is 2. The van der Waals surface area contributed by atoms with Crippen molar-refractivity contribution in [2.24, 2.45) is 10.2 Å². The van der Waals surface area contributed by atoms with Crippen molar-refractivity contribution in [2.45, 2.75) is 38.8 Å². The van der Waals surface area contributed by atoms with Gasteiger partial charge in [0, 0.05) is 24.8 Å². The van der Waals surface area contributed by atoms with Gasteiger partial charge in [-0.3, -0.25) is 19.6 Å². The second kappa shape index (κ2) is 13.0. The summed E-state index contributed by atoms with van der Waals surface area (Å²) in [7, 11) is 0. The zero-order valence-corrected chi connectivity index (χ0v) is 20.7. The number of nitrogens with zero attached hydrogens (tertiary/aromatic N) is 4. The molecule has 36 heavy (non-hydrogen) atoms. The molecule has 2 aromatic heterocycles. The molecular weight excluding hydrogens is 468 g/mol. The summed E-state index contributed by atoms with van der Waals surface area (Å²) in [5, 5.41) is 13.4. The van der Waals surface area contributed by atoms with Crippen LogP contribution in [0.2, 0.25) is 0 Å². The number of azo groups is 1. The van der Waals surface area contributed by atoms with Crippen LogP contribution in [0.4, 0.5) is 0 Å². The average molecular weight is 499 g/mol. The zero-order chi connectivity index (χ0) is 26.6. The number of rotatable bonds is 12. The SMILES string of the molecule is CC(C)(N=NC(C)(C)C(=O)NCCOC(=O)c1ccncc1)C(=O)NCCOC(=O)c1ccncc1. The van der Waals surface area contributed by atoms with Crippen molar-refractivity contribution in [3.05, 3.63) is 60.2 Å². The minimum Gasteiger partial charge on any atom is -0.460 e. The number of esters is 2. The van der Waals surface area contributed by atoms with Gasteiger partial charge in [0.05, 0.1) is 24.2 Å². The zero-order valence-electron chi connectivity index (χ0n) is 20.7. The molecule has 0 saturated carbocycles. The molecule has 2 aromatic rings. The quantitative estimate of drug-likeness (QED) is 0.254. The number of carbonyl (C=O) groups excluding carboxylic acids is 4. The third kappa shape index (κ3) is 8.85. The second-order valence-corrected chi connectivity index (χ2v) is 8.57. The topological polar surface area (TPSA) is 161 Å². The summed E-state index contributed by atoms with van der Waals surface area (Å²) in [6.07, 6.45) is 5.91. The lowest BCUT2D eigenvalue weighted by Gasteiger charge is -2.22. The second-order valence-electron chi connectivity index (χ2n) is 8.57. The molecule has 0 bridgehead atoms. The van der Waals surface area contributed by atoms with E-state index in [9.17, 15) is 19.2 Å². The highest BCUT2D eigenvalue weighted by molar-refractivity contribution is 5.90. The number of carbonyl (C=O) groups is 4. The van der Waals surface area contributed by atoms with Crippen molar-refractivity contribution in [1.82, 2.24) is 20.6 Å². The lowest BCUT2D eigenvalue weighted by atomic mass is 10.0. The summed E-state index contributed by atoms with van der Waals surface area (Å²) < 4.78 is 10.2. The van der Waals surface area contributed by atoms with Crippen molar-refractivity contribution in [1.29, 1.82) is 0 Å². The minimum absolute atomic E-state index is 0.0280. The molecule has 0 saturated heterocycles. The summed E-state index contributed by atoms with van der Waals surface area (Å²) in [4.78, 5) is 56.4. The fraction of sp³-hybridized carbons (Fsp3) is 0.417. The van der Waals surface area contributed by atoms with Crippen LogP contribution in [0.25, 0.3) is 0 Å². The van der Waals surface area contributed by atoms with E-state index >= 15 is 0 Å². The summed E-state index contributed by atoms with van der Waals surface area (Å²) in [6, 6.07) is 6.10. The highest BCUT2D eigenvalue weighted by atomic mass is 16.5.